The number of nitrogens with zero attached hydrogens (tertiary/aromatic N) is 5. The van der Waals surface area contributed by atoms with E-state index < -0.39 is 12.7 Å². The van der Waals surface area contributed by atoms with Gasteiger partial charge >= 0.3 is 0 Å². The minimum Gasteiger partial charge on any atom is -0.323 e. The van der Waals surface area contributed by atoms with Crippen molar-refractivity contribution >= 4 is 5.91 Å². The lowest BCUT2D eigenvalue weighted by Crippen LogP contribution is -2.56. The highest BCUT2D eigenvalue weighted by atomic mass is 19.1. The Morgan fingerprint density at radius 3 is 2.66 bits per heavy atom. The Labute approximate surface area is 174 Å². The number of carbonyl (C=O) groups is 1. The predicted octanol–water partition coefficient (Wildman–Crippen LogP) is 3.19. The van der Waals surface area contributed by atoms with E-state index in [0.29, 0.717) is 12.3 Å². The molecule has 164 valence electrons. The number of alkyl halides is 1. The fourth-order valence-electron chi connectivity index (χ4n) is 4.08. The fourth-order valence-corrected chi connectivity index (χ4v) is 4.08. The van der Waals surface area contributed by atoms with Gasteiger partial charge in [0.05, 0.1) is 19.2 Å². The summed E-state index contributed by atoms with van der Waals surface area (Å²) in [4.78, 5) is 18.0. The Bertz CT molecular complexity index is 657. The molecule has 1 N–H and O–H groups in total. The largest absolute Gasteiger partial charge is 0.323 e. The van der Waals surface area contributed by atoms with Crippen molar-refractivity contribution in [3.8, 4) is 6.07 Å². The second-order valence-electron chi connectivity index (χ2n) is 8.09. The number of hydrogen-bond acceptors (Lipinski definition) is 5. The molecule has 2 rings (SSSR count). The average Bonchev–Trinajstić information content (AvgIpc) is 3.30. The second-order valence-corrected chi connectivity index (χ2v) is 8.09. The van der Waals surface area contributed by atoms with Crippen LogP contribution in [0.15, 0.2) is 12.7 Å². The fraction of sp³-hybridized carbons (Fsp3) is 0.810. The van der Waals surface area contributed by atoms with Crippen LogP contribution in [0, 0.1) is 22.7 Å². The van der Waals surface area contributed by atoms with Gasteiger partial charge in [-0.3, -0.25) is 9.48 Å². The first-order valence-corrected chi connectivity index (χ1v) is 10.6. The third-order valence-electron chi connectivity index (χ3n) is 6.50. The Morgan fingerprint density at radius 2 is 2.14 bits per heavy atom. The molecule has 29 heavy (non-hydrogen) atoms. The van der Waals surface area contributed by atoms with Gasteiger partial charge in [-0.15, -0.1) is 0 Å². The number of rotatable bonds is 9. The van der Waals surface area contributed by atoms with Crippen LogP contribution < -0.4 is 5.32 Å². The molecule has 0 aromatic carbocycles. The van der Waals surface area contributed by atoms with E-state index in [-0.39, 0.29) is 30.0 Å². The normalized spacial score (nSPS) is 23.6. The maximum Gasteiger partial charge on any atom is 0.237 e. The van der Waals surface area contributed by atoms with Crippen molar-refractivity contribution in [2.45, 2.75) is 78.9 Å². The number of hydrogen-bond donors (Lipinski definition) is 1. The van der Waals surface area contributed by atoms with Crippen molar-refractivity contribution in [3.63, 3.8) is 0 Å². The monoisotopic (exact) mass is 408 g/mol. The molecule has 1 aromatic heterocycles. The van der Waals surface area contributed by atoms with E-state index in [1.165, 1.54) is 11.2 Å². The Balaban J connectivity index is 0.00000204. The van der Waals surface area contributed by atoms with E-state index in [1.807, 2.05) is 25.5 Å². The highest BCUT2D eigenvalue weighted by Crippen LogP contribution is 2.50. The number of halogens is 1. The first-order valence-electron chi connectivity index (χ1n) is 10.6. The summed E-state index contributed by atoms with van der Waals surface area (Å²) >= 11 is 0. The van der Waals surface area contributed by atoms with Crippen molar-refractivity contribution in [2.75, 3.05) is 19.8 Å². The highest BCUT2D eigenvalue weighted by Gasteiger charge is 2.51. The zero-order chi connectivity index (χ0) is 22.1. The van der Waals surface area contributed by atoms with Crippen molar-refractivity contribution < 1.29 is 9.18 Å². The van der Waals surface area contributed by atoms with E-state index in [0.717, 1.165) is 19.4 Å². The summed E-state index contributed by atoms with van der Waals surface area (Å²) in [6.45, 7) is 12.6. The number of nitriles is 1. The van der Waals surface area contributed by atoms with Gasteiger partial charge in [-0.2, -0.15) is 10.4 Å². The van der Waals surface area contributed by atoms with Gasteiger partial charge in [0, 0.05) is 12.1 Å². The number of aromatic nitrogens is 3. The standard InChI is InChI=1S/C19H31FN6O.C2H6/c1-5-16(10-21)26(9-8-20)17(27)11-23-19(4)7-6-15(18(19,2)3)12-25-14-22-13-24-25;1-2/h13-16,23H,5-9,11-12H2,1-4H3;1-2H3/t15-,16+,19-;/m1./s1. The molecule has 0 saturated heterocycles. The summed E-state index contributed by atoms with van der Waals surface area (Å²) in [6, 6.07) is 1.51. The number of amides is 1. The molecule has 3 atom stereocenters. The quantitative estimate of drug-likeness (QED) is 0.678. The van der Waals surface area contributed by atoms with Crippen LogP contribution in [-0.2, 0) is 11.3 Å². The molecule has 1 fully saturated rings. The molecule has 7 nitrogen and oxygen atoms in total. The first kappa shape index (κ1) is 25.0. The minimum atomic E-state index is -0.646. The Hall–Kier alpha value is -2.01. The lowest BCUT2D eigenvalue weighted by atomic mass is 9.71. The molecular weight excluding hydrogens is 371 g/mol. The molecule has 1 aromatic rings. The van der Waals surface area contributed by atoms with Crippen molar-refractivity contribution in [2.24, 2.45) is 11.3 Å². The molecule has 0 unspecified atom stereocenters. The summed E-state index contributed by atoms with van der Waals surface area (Å²) < 4.78 is 14.7. The zero-order valence-electron chi connectivity index (χ0n) is 18.8. The van der Waals surface area contributed by atoms with Crippen molar-refractivity contribution in [1.29, 1.82) is 5.26 Å². The Morgan fingerprint density at radius 1 is 1.45 bits per heavy atom. The summed E-state index contributed by atoms with van der Waals surface area (Å²) in [5, 5.41) is 16.9. The van der Waals surface area contributed by atoms with Crippen molar-refractivity contribution in [1.82, 2.24) is 25.0 Å². The maximum absolute atomic E-state index is 12.9. The van der Waals surface area contributed by atoms with Crippen LogP contribution in [-0.4, -0.2) is 56.9 Å². The zero-order valence-corrected chi connectivity index (χ0v) is 18.8. The average molecular weight is 409 g/mol. The lowest BCUT2D eigenvalue weighted by molar-refractivity contribution is -0.132. The van der Waals surface area contributed by atoms with Crippen LogP contribution in [0.1, 0.15) is 60.8 Å². The summed E-state index contributed by atoms with van der Waals surface area (Å²) in [5.41, 5.74) is -0.298. The van der Waals surface area contributed by atoms with Crippen LogP contribution in [0.5, 0.6) is 0 Å². The highest BCUT2D eigenvalue weighted by molar-refractivity contribution is 5.79. The van der Waals surface area contributed by atoms with Gasteiger partial charge in [0.1, 0.15) is 25.4 Å². The molecule has 1 saturated carbocycles. The number of nitrogens with one attached hydrogen (secondary N) is 1. The molecule has 0 spiro atoms. The van der Waals surface area contributed by atoms with E-state index in [9.17, 15) is 14.4 Å². The van der Waals surface area contributed by atoms with Crippen LogP contribution >= 0.6 is 0 Å². The van der Waals surface area contributed by atoms with E-state index >= 15 is 0 Å². The molecule has 1 heterocycles. The first-order chi connectivity index (χ1) is 13.8. The molecular formula is C21H37FN6O. The van der Waals surface area contributed by atoms with Crippen LogP contribution in [0.3, 0.4) is 0 Å². The van der Waals surface area contributed by atoms with Crippen molar-refractivity contribution in [3.05, 3.63) is 12.7 Å². The smallest absolute Gasteiger partial charge is 0.237 e. The summed E-state index contributed by atoms with van der Waals surface area (Å²) in [6.07, 6.45) is 5.71. The van der Waals surface area contributed by atoms with Gasteiger partial charge < -0.3 is 10.2 Å². The maximum atomic E-state index is 12.9. The van der Waals surface area contributed by atoms with E-state index in [2.05, 4.69) is 42.2 Å². The molecule has 8 heteroatoms. The molecule has 1 aliphatic carbocycles. The Kier molecular flexibility index (Phi) is 9.71. The molecule has 1 amide bonds. The van der Waals surface area contributed by atoms with Gasteiger partial charge in [0.25, 0.3) is 0 Å². The van der Waals surface area contributed by atoms with Gasteiger partial charge in [-0.25, -0.2) is 9.37 Å². The van der Waals surface area contributed by atoms with E-state index in [1.54, 1.807) is 6.33 Å². The van der Waals surface area contributed by atoms with Gasteiger partial charge in [-0.05, 0) is 37.5 Å². The third-order valence-corrected chi connectivity index (χ3v) is 6.50. The molecule has 0 radical (unpaired) electrons. The van der Waals surface area contributed by atoms with E-state index in [4.69, 9.17) is 0 Å². The minimum absolute atomic E-state index is 0.0401. The molecule has 0 bridgehead atoms. The molecule has 1 aliphatic rings. The van der Waals surface area contributed by atoms with Gasteiger partial charge in [0.2, 0.25) is 5.91 Å². The third kappa shape index (κ3) is 5.75. The van der Waals surface area contributed by atoms with Gasteiger partial charge in [0.15, 0.2) is 0 Å². The lowest BCUT2D eigenvalue weighted by Gasteiger charge is -2.43. The summed E-state index contributed by atoms with van der Waals surface area (Å²) in [7, 11) is 0. The summed E-state index contributed by atoms with van der Waals surface area (Å²) in [5.74, 6) is 0.175. The van der Waals surface area contributed by atoms with Crippen LogP contribution in [0.25, 0.3) is 0 Å². The topological polar surface area (TPSA) is 86.8 Å². The predicted molar refractivity (Wildman–Crippen MR) is 112 cm³/mol. The second kappa shape index (κ2) is 11.2. The SMILES string of the molecule is CC.CC[C@@H](C#N)N(CCF)C(=O)CN[C@]1(C)CC[C@H](Cn2cncn2)C1(C)C. The van der Waals surface area contributed by atoms with Crippen LogP contribution in [0.4, 0.5) is 4.39 Å². The van der Waals surface area contributed by atoms with Gasteiger partial charge in [-0.1, -0.05) is 34.6 Å². The molecule has 0 aliphatic heterocycles. The van der Waals surface area contributed by atoms with Crippen LogP contribution in [0.2, 0.25) is 0 Å². The number of carbonyl (C=O) groups excluding carboxylic acids is 1.